The van der Waals surface area contributed by atoms with Gasteiger partial charge in [-0.2, -0.15) is 0 Å². The Bertz CT molecular complexity index is 260. The van der Waals surface area contributed by atoms with Crippen molar-refractivity contribution in [3.05, 3.63) is 11.3 Å². The third-order valence-electron chi connectivity index (χ3n) is 2.79. The second-order valence-corrected chi connectivity index (χ2v) is 3.64. The molecule has 0 fully saturated rings. The van der Waals surface area contributed by atoms with E-state index in [4.69, 9.17) is 5.11 Å². The monoisotopic (exact) mass is 182 g/mol. The van der Waals surface area contributed by atoms with Gasteiger partial charge in [0.15, 0.2) is 0 Å². The lowest BCUT2D eigenvalue weighted by Crippen LogP contribution is -2.39. The molecule has 1 atom stereocenters. The first-order valence-corrected chi connectivity index (χ1v) is 4.65. The third kappa shape index (κ3) is 1.67. The molecule has 13 heavy (non-hydrogen) atoms. The lowest BCUT2D eigenvalue weighted by Gasteiger charge is -2.29. The van der Waals surface area contributed by atoms with Crippen LogP contribution in [0.2, 0.25) is 0 Å². The van der Waals surface area contributed by atoms with E-state index >= 15 is 0 Å². The molecule has 0 amide bonds. The summed E-state index contributed by atoms with van der Waals surface area (Å²) in [7, 11) is 0. The highest BCUT2D eigenvalue weighted by atomic mass is 16.4. The predicted molar refractivity (Wildman–Crippen MR) is 48.0 cm³/mol. The SMILES string of the molecule is O=C(O)C1CCC2=C(C1)NCNC2. The van der Waals surface area contributed by atoms with Crippen molar-refractivity contribution < 1.29 is 9.90 Å². The van der Waals surface area contributed by atoms with Crippen LogP contribution in [0.25, 0.3) is 0 Å². The van der Waals surface area contributed by atoms with Gasteiger partial charge in [-0.05, 0) is 18.4 Å². The van der Waals surface area contributed by atoms with Crippen LogP contribution < -0.4 is 10.6 Å². The van der Waals surface area contributed by atoms with Gasteiger partial charge in [-0.25, -0.2) is 0 Å². The Morgan fingerprint density at radius 2 is 2.38 bits per heavy atom. The second kappa shape index (κ2) is 3.38. The van der Waals surface area contributed by atoms with E-state index < -0.39 is 5.97 Å². The maximum atomic E-state index is 10.8. The smallest absolute Gasteiger partial charge is 0.306 e. The zero-order valence-corrected chi connectivity index (χ0v) is 7.47. The molecule has 0 spiro atoms. The van der Waals surface area contributed by atoms with Crippen LogP contribution in [0.1, 0.15) is 19.3 Å². The van der Waals surface area contributed by atoms with Gasteiger partial charge in [-0.3, -0.25) is 10.1 Å². The Morgan fingerprint density at radius 3 is 3.15 bits per heavy atom. The standard InChI is InChI=1S/C9H14N2O2/c12-9(13)6-1-2-7-4-10-5-11-8(7)3-6/h6,10-11H,1-5H2,(H,12,13). The molecule has 4 nitrogen and oxygen atoms in total. The van der Waals surface area contributed by atoms with Gasteiger partial charge in [0.2, 0.25) is 0 Å². The van der Waals surface area contributed by atoms with Crippen molar-refractivity contribution in [2.24, 2.45) is 5.92 Å². The number of carbonyl (C=O) groups is 1. The number of hydrogen-bond acceptors (Lipinski definition) is 3. The molecule has 1 heterocycles. The number of allylic oxidation sites excluding steroid dienone is 1. The molecule has 1 unspecified atom stereocenters. The van der Waals surface area contributed by atoms with Crippen molar-refractivity contribution in [1.29, 1.82) is 0 Å². The molecule has 3 N–H and O–H groups in total. The first-order chi connectivity index (χ1) is 6.27. The van der Waals surface area contributed by atoms with E-state index in [0.29, 0.717) is 6.42 Å². The average Bonchev–Trinajstić information content (AvgIpc) is 2.17. The zero-order valence-electron chi connectivity index (χ0n) is 7.47. The second-order valence-electron chi connectivity index (χ2n) is 3.64. The summed E-state index contributed by atoms with van der Waals surface area (Å²) < 4.78 is 0. The number of aliphatic carboxylic acids is 1. The van der Waals surface area contributed by atoms with Crippen LogP contribution in [-0.4, -0.2) is 24.3 Å². The first-order valence-electron chi connectivity index (χ1n) is 4.65. The molecular weight excluding hydrogens is 168 g/mol. The minimum atomic E-state index is -0.660. The molecule has 2 rings (SSSR count). The quantitative estimate of drug-likeness (QED) is 0.545. The van der Waals surface area contributed by atoms with E-state index in [1.54, 1.807) is 0 Å². The molecule has 4 heteroatoms. The third-order valence-corrected chi connectivity index (χ3v) is 2.79. The van der Waals surface area contributed by atoms with Gasteiger partial charge in [-0.1, -0.05) is 0 Å². The summed E-state index contributed by atoms with van der Waals surface area (Å²) >= 11 is 0. The van der Waals surface area contributed by atoms with Gasteiger partial charge in [0, 0.05) is 18.7 Å². The largest absolute Gasteiger partial charge is 0.481 e. The summed E-state index contributed by atoms with van der Waals surface area (Å²) in [4.78, 5) is 10.8. The van der Waals surface area contributed by atoms with Crippen LogP contribution in [0.3, 0.4) is 0 Å². The minimum absolute atomic E-state index is 0.177. The molecule has 0 radical (unpaired) electrons. The van der Waals surface area contributed by atoms with E-state index in [-0.39, 0.29) is 5.92 Å². The van der Waals surface area contributed by atoms with Crippen LogP contribution >= 0.6 is 0 Å². The summed E-state index contributed by atoms with van der Waals surface area (Å²) in [5.74, 6) is -0.837. The molecule has 1 aliphatic carbocycles. The van der Waals surface area contributed by atoms with Crippen molar-refractivity contribution >= 4 is 5.97 Å². The Morgan fingerprint density at radius 1 is 1.54 bits per heavy atom. The van der Waals surface area contributed by atoms with Gasteiger partial charge in [-0.15, -0.1) is 0 Å². The summed E-state index contributed by atoms with van der Waals surface area (Å²) in [6, 6.07) is 0. The van der Waals surface area contributed by atoms with Crippen LogP contribution in [0.4, 0.5) is 0 Å². The first kappa shape index (κ1) is 8.56. The van der Waals surface area contributed by atoms with Crippen molar-refractivity contribution in [3.63, 3.8) is 0 Å². The lowest BCUT2D eigenvalue weighted by molar-refractivity contribution is -0.142. The van der Waals surface area contributed by atoms with Crippen molar-refractivity contribution in [1.82, 2.24) is 10.6 Å². The highest BCUT2D eigenvalue weighted by Gasteiger charge is 2.26. The molecule has 0 aromatic rings. The fourth-order valence-electron chi connectivity index (χ4n) is 1.98. The Kier molecular flexibility index (Phi) is 2.22. The van der Waals surface area contributed by atoms with E-state index in [0.717, 1.165) is 31.8 Å². The van der Waals surface area contributed by atoms with Crippen molar-refractivity contribution in [2.45, 2.75) is 19.3 Å². The molecular formula is C9H14N2O2. The van der Waals surface area contributed by atoms with Gasteiger partial charge >= 0.3 is 5.97 Å². The zero-order chi connectivity index (χ0) is 9.26. The molecule has 0 aromatic heterocycles. The number of nitrogens with one attached hydrogen (secondary N) is 2. The summed E-state index contributed by atoms with van der Waals surface area (Å²) in [6.07, 6.45) is 2.40. The number of rotatable bonds is 1. The fourth-order valence-corrected chi connectivity index (χ4v) is 1.98. The number of hydrogen-bond donors (Lipinski definition) is 3. The minimum Gasteiger partial charge on any atom is -0.481 e. The molecule has 2 aliphatic rings. The Hall–Kier alpha value is -1.03. The van der Waals surface area contributed by atoms with E-state index in [2.05, 4.69) is 10.6 Å². The maximum absolute atomic E-state index is 10.8. The van der Waals surface area contributed by atoms with E-state index in [9.17, 15) is 4.79 Å². The molecule has 0 aromatic carbocycles. The van der Waals surface area contributed by atoms with Crippen LogP contribution in [0.15, 0.2) is 11.3 Å². The van der Waals surface area contributed by atoms with Gasteiger partial charge < -0.3 is 10.4 Å². The molecule has 0 bridgehead atoms. The summed E-state index contributed by atoms with van der Waals surface area (Å²) in [5, 5.41) is 15.3. The fraction of sp³-hybridized carbons (Fsp3) is 0.667. The summed E-state index contributed by atoms with van der Waals surface area (Å²) in [6.45, 7) is 1.69. The Labute approximate surface area is 77.0 Å². The maximum Gasteiger partial charge on any atom is 0.306 e. The lowest BCUT2D eigenvalue weighted by atomic mass is 9.86. The Balaban J connectivity index is 2.09. The van der Waals surface area contributed by atoms with Gasteiger partial charge in [0.25, 0.3) is 0 Å². The average molecular weight is 182 g/mol. The number of carboxylic acid groups (broad SMARTS) is 1. The van der Waals surface area contributed by atoms with Crippen LogP contribution in [0, 0.1) is 5.92 Å². The molecule has 1 aliphatic heterocycles. The topological polar surface area (TPSA) is 61.4 Å². The predicted octanol–water partition coefficient (Wildman–Crippen LogP) is 0.275. The van der Waals surface area contributed by atoms with E-state index in [1.807, 2.05) is 0 Å². The van der Waals surface area contributed by atoms with Gasteiger partial charge in [0.1, 0.15) is 0 Å². The summed E-state index contributed by atoms with van der Waals surface area (Å²) in [5.41, 5.74) is 2.53. The molecule has 0 saturated carbocycles. The van der Waals surface area contributed by atoms with E-state index in [1.165, 1.54) is 5.57 Å². The molecule has 72 valence electrons. The normalized spacial score (nSPS) is 27.8. The highest BCUT2D eigenvalue weighted by molar-refractivity contribution is 5.70. The van der Waals surface area contributed by atoms with Crippen LogP contribution in [-0.2, 0) is 4.79 Å². The van der Waals surface area contributed by atoms with Gasteiger partial charge in [0.05, 0.1) is 12.6 Å². The van der Waals surface area contributed by atoms with Crippen LogP contribution in [0.5, 0.6) is 0 Å². The highest BCUT2D eigenvalue weighted by Crippen LogP contribution is 2.28. The number of carboxylic acids is 1. The van der Waals surface area contributed by atoms with Crippen molar-refractivity contribution in [3.8, 4) is 0 Å². The molecule has 0 saturated heterocycles. The van der Waals surface area contributed by atoms with Crippen molar-refractivity contribution in [2.75, 3.05) is 13.2 Å².